The number of aliphatic hydroxyl groups excluding tert-OH is 2. The van der Waals surface area contributed by atoms with Gasteiger partial charge in [-0.2, -0.15) is 0 Å². The molecule has 4 heterocycles. The molecule has 0 bridgehead atoms. The minimum Gasteiger partial charge on any atom is -0.395 e. The topological polar surface area (TPSA) is 199 Å². The Balaban J connectivity index is 0.000000208. The van der Waals surface area contributed by atoms with E-state index >= 15 is 0 Å². The normalized spacial score (nSPS) is 11.4. The molecule has 6 aromatic rings. The number of hydrogen-bond acceptors (Lipinski definition) is 14. The molecule has 0 saturated heterocycles. The maximum Gasteiger partial charge on any atom is 0.268 e. The summed E-state index contributed by atoms with van der Waals surface area (Å²) in [5.41, 5.74) is -0.00701. The quantitative estimate of drug-likeness (QED) is 0.0620. The van der Waals surface area contributed by atoms with Crippen LogP contribution < -0.4 is 21.3 Å². The molecule has 0 spiro atoms. The molecular formula is C34H34F4N10O4S2. The number of likely N-dealkylation sites (N-methyl/N-ethyl adjacent to an activating group) is 1. The average molecular weight is 787 g/mol. The van der Waals surface area contributed by atoms with Gasteiger partial charge in [0.05, 0.1) is 31.1 Å². The number of fused-ring (bicyclic) bond motifs is 2. The standard InChI is InChI=1S/2C17H17F2N5O2S/c1-17(2,8-25)24-15-13-14(21-11(26)6-20-13)22-16(23-15)27-7-9-4-3-5-10(18)12(9)19;1-2-24(6-7-25)16-14-15(21-12(26)8-20-14)22-17(23-16)27-9-10-4-3-5-11(18)13(10)19/h3-6,25H,7-8H2,1-2H3,(H2,21,22,23,24,26);3-5,8,25H,2,6-7,9H2,1H3,(H,21,22,23,26). The highest BCUT2D eigenvalue weighted by molar-refractivity contribution is 7.98. The van der Waals surface area contributed by atoms with Gasteiger partial charge in [0, 0.05) is 35.7 Å². The lowest BCUT2D eigenvalue weighted by Gasteiger charge is -2.24. The highest BCUT2D eigenvalue weighted by Crippen LogP contribution is 2.29. The summed E-state index contributed by atoms with van der Waals surface area (Å²) >= 11 is 2.19. The molecule has 0 radical (unpaired) electrons. The van der Waals surface area contributed by atoms with Crippen LogP contribution in [0.15, 0.2) is 68.7 Å². The van der Waals surface area contributed by atoms with Crippen molar-refractivity contribution in [3.05, 3.63) is 104 Å². The summed E-state index contributed by atoms with van der Waals surface area (Å²) in [6, 6.07) is 7.92. The number of rotatable bonds is 13. The lowest BCUT2D eigenvalue weighted by molar-refractivity contribution is 0.234. The fourth-order valence-electron chi connectivity index (χ4n) is 4.75. The van der Waals surface area contributed by atoms with Gasteiger partial charge in [-0.3, -0.25) is 9.59 Å². The second-order valence-electron chi connectivity index (χ2n) is 12.0. The maximum atomic E-state index is 13.9. The second kappa shape index (κ2) is 17.8. The van der Waals surface area contributed by atoms with Crippen LogP contribution in [0.5, 0.6) is 0 Å². The molecule has 0 atom stereocenters. The molecule has 0 unspecified atom stereocenters. The van der Waals surface area contributed by atoms with Crippen molar-refractivity contribution in [1.29, 1.82) is 0 Å². The number of H-pyrrole nitrogens is 2. The molecule has 0 fully saturated rings. The van der Waals surface area contributed by atoms with Crippen molar-refractivity contribution >= 4 is 57.5 Å². The van der Waals surface area contributed by atoms with Crippen LogP contribution in [0.3, 0.4) is 0 Å². The molecule has 14 nitrogen and oxygen atoms in total. The van der Waals surface area contributed by atoms with Crippen LogP contribution in [0.25, 0.3) is 22.3 Å². The zero-order valence-corrected chi connectivity index (χ0v) is 30.7. The molecule has 2 aromatic carbocycles. The summed E-state index contributed by atoms with van der Waals surface area (Å²) in [6.45, 7) is 6.05. The van der Waals surface area contributed by atoms with Crippen LogP contribution in [0.4, 0.5) is 29.2 Å². The van der Waals surface area contributed by atoms with E-state index in [1.54, 1.807) is 18.7 Å². The van der Waals surface area contributed by atoms with E-state index in [1.807, 2.05) is 6.92 Å². The largest absolute Gasteiger partial charge is 0.395 e. The van der Waals surface area contributed by atoms with Crippen molar-refractivity contribution in [3.8, 4) is 0 Å². The molecule has 54 heavy (non-hydrogen) atoms. The summed E-state index contributed by atoms with van der Waals surface area (Å²) in [4.78, 5) is 55.6. The van der Waals surface area contributed by atoms with E-state index in [1.165, 1.54) is 24.3 Å². The predicted octanol–water partition coefficient (Wildman–Crippen LogP) is 4.57. The van der Waals surface area contributed by atoms with Crippen LogP contribution >= 0.6 is 23.5 Å². The zero-order valence-electron chi connectivity index (χ0n) is 29.0. The predicted molar refractivity (Wildman–Crippen MR) is 198 cm³/mol. The van der Waals surface area contributed by atoms with Crippen molar-refractivity contribution in [1.82, 2.24) is 39.9 Å². The fraction of sp³-hybridized carbons (Fsp3) is 0.294. The van der Waals surface area contributed by atoms with Gasteiger partial charge < -0.3 is 30.4 Å². The number of nitrogens with zero attached hydrogens (tertiary/aromatic N) is 7. The average Bonchev–Trinajstić information content (AvgIpc) is 3.14. The monoisotopic (exact) mass is 786 g/mol. The van der Waals surface area contributed by atoms with Gasteiger partial charge in [0.15, 0.2) is 56.5 Å². The number of aromatic amines is 2. The van der Waals surface area contributed by atoms with Gasteiger partial charge in [0.25, 0.3) is 11.1 Å². The fourth-order valence-corrected chi connectivity index (χ4v) is 6.39. The van der Waals surface area contributed by atoms with Gasteiger partial charge in [-0.15, -0.1) is 0 Å². The lowest BCUT2D eigenvalue weighted by Crippen LogP contribution is -2.35. The number of anilines is 2. The number of aliphatic hydroxyl groups is 2. The molecule has 20 heteroatoms. The van der Waals surface area contributed by atoms with E-state index in [9.17, 15) is 37.4 Å². The van der Waals surface area contributed by atoms with Crippen molar-refractivity contribution in [2.45, 2.75) is 48.1 Å². The van der Waals surface area contributed by atoms with E-state index in [-0.39, 0.29) is 57.5 Å². The molecule has 284 valence electrons. The third-order valence-corrected chi connectivity index (χ3v) is 9.29. The molecule has 4 aromatic heterocycles. The maximum absolute atomic E-state index is 13.9. The molecule has 0 aliphatic carbocycles. The van der Waals surface area contributed by atoms with E-state index in [0.717, 1.165) is 48.1 Å². The Kier molecular flexibility index (Phi) is 13.2. The van der Waals surface area contributed by atoms with Crippen molar-refractivity contribution < 1.29 is 27.8 Å². The first-order chi connectivity index (χ1) is 25.8. The summed E-state index contributed by atoms with van der Waals surface area (Å²) in [7, 11) is 0. The molecular weight excluding hydrogens is 753 g/mol. The molecule has 5 N–H and O–H groups in total. The van der Waals surface area contributed by atoms with Crippen molar-refractivity contribution in [2.75, 3.05) is 36.5 Å². The van der Waals surface area contributed by atoms with Crippen LogP contribution in [-0.4, -0.2) is 81.9 Å². The van der Waals surface area contributed by atoms with E-state index < -0.39 is 39.9 Å². The van der Waals surface area contributed by atoms with Crippen LogP contribution in [0.2, 0.25) is 0 Å². The number of aromatic nitrogens is 8. The first-order valence-electron chi connectivity index (χ1n) is 16.2. The Morgan fingerprint density at radius 1 is 0.778 bits per heavy atom. The first kappa shape index (κ1) is 40.0. The highest BCUT2D eigenvalue weighted by Gasteiger charge is 2.21. The van der Waals surface area contributed by atoms with Crippen molar-refractivity contribution in [3.63, 3.8) is 0 Å². The van der Waals surface area contributed by atoms with Gasteiger partial charge in [-0.05, 0) is 32.9 Å². The van der Waals surface area contributed by atoms with E-state index in [0.29, 0.717) is 35.8 Å². The molecule has 0 amide bonds. The smallest absolute Gasteiger partial charge is 0.268 e. The number of benzene rings is 2. The third kappa shape index (κ3) is 9.87. The van der Waals surface area contributed by atoms with Gasteiger partial charge in [0.1, 0.15) is 11.0 Å². The van der Waals surface area contributed by atoms with E-state index in [4.69, 9.17) is 0 Å². The lowest BCUT2D eigenvalue weighted by atomic mass is 10.1. The molecule has 6 rings (SSSR count). The van der Waals surface area contributed by atoms with E-state index in [2.05, 4.69) is 45.2 Å². The summed E-state index contributed by atoms with van der Waals surface area (Å²) in [5, 5.41) is 22.3. The SMILES string of the molecule is CC(C)(CO)Nc1nc(SCc2cccc(F)c2F)nc2[nH]c(=O)cnc12.CCN(CCO)c1nc(SCc2cccc(F)c2F)nc2[nH]c(=O)cnc12. The number of nitrogens with one attached hydrogen (secondary N) is 3. The molecule has 0 saturated carbocycles. The number of thioether (sulfide) groups is 2. The Morgan fingerprint density at radius 3 is 1.81 bits per heavy atom. The van der Waals surface area contributed by atoms with Crippen LogP contribution in [0.1, 0.15) is 31.9 Å². The second-order valence-corrected chi connectivity index (χ2v) is 13.9. The summed E-state index contributed by atoms with van der Waals surface area (Å²) in [6.07, 6.45) is 2.24. The third-order valence-electron chi connectivity index (χ3n) is 7.49. The first-order valence-corrected chi connectivity index (χ1v) is 18.2. The van der Waals surface area contributed by atoms with Gasteiger partial charge >= 0.3 is 0 Å². The Morgan fingerprint density at radius 2 is 1.30 bits per heavy atom. The minimum absolute atomic E-state index is 0.0837. The minimum atomic E-state index is -0.923. The number of halogens is 4. The number of hydrogen-bond donors (Lipinski definition) is 5. The van der Waals surface area contributed by atoms with Crippen LogP contribution in [-0.2, 0) is 11.5 Å². The molecule has 0 aliphatic heterocycles. The van der Waals surface area contributed by atoms with Crippen molar-refractivity contribution in [2.24, 2.45) is 0 Å². The van der Waals surface area contributed by atoms with Gasteiger partial charge in [-0.1, -0.05) is 47.8 Å². The van der Waals surface area contributed by atoms with Gasteiger partial charge in [-0.25, -0.2) is 47.5 Å². The molecule has 0 aliphatic rings. The zero-order chi connectivity index (χ0) is 39.0. The summed E-state index contributed by atoms with van der Waals surface area (Å²) < 4.78 is 54.4. The highest BCUT2D eigenvalue weighted by atomic mass is 32.2. The summed E-state index contributed by atoms with van der Waals surface area (Å²) in [5.74, 6) is -2.67. The van der Waals surface area contributed by atoms with Gasteiger partial charge in [0.2, 0.25) is 0 Å². The Bertz CT molecular complexity index is 2390. The Labute approximate surface area is 313 Å². The Hall–Kier alpha value is -5.18. The van der Waals surface area contributed by atoms with Crippen LogP contribution in [0, 0.1) is 23.3 Å².